The summed E-state index contributed by atoms with van der Waals surface area (Å²) >= 11 is 5.50. The van der Waals surface area contributed by atoms with Crippen molar-refractivity contribution < 1.29 is 9.53 Å². The van der Waals surface area contributed by atoms with E-state index in [-0.39, 0.29) is 6.09 Å². The molecular weight excluding hydrogens is 178 g/mol. The zero-order valence-corrected chi connectivity index (χ0v) is 8.19. The van der Waals surface area contributed by atoms with Gasteiger partial charge in [-0.05, 0) is 12.8 Å². The van der Waals surface area contributed by atoms with Gasteiger partial charge in [0.05, 0.1) is 7.11 Å². The number of halogens is 1. The minimum atomic E-state index is -0.354. The molecule has 0 aliphatic heterocycles. The Bertz CT molecular complexity index is 120. The molecule has 0 radical (unpaired) electrons. The Morgan fingerprint density at radius 1 is 1.33 bits per heavy atom. The summed E-state index contributed by atoms with van der Waals surface area (Å²) in [6.45, 7) is 0.689. The Balaban J connectivity index is 2.95. The van der Waals surface area contributed by atoms with Crippen LogP contribution >= 0.6 is 11.6 Å². The quantitative estimate of drug-likeness (QED) is 0.519. The van der Waals surface area contributed by atoms with Gasteiger partial charge in [0.15, 0.2) is 0 Å². The first-order valence-electron chi connectivity index (χ1n) is 4.19. The second-order valence-corrected chi connectivity index (χ2v) is 2.90. The summed E-state index contributed by atoms with van der Waals surface area (Å²) in [7, 11) is 1.36. The van der Waals surface area contributed by atoms with Crippen molar-refractivity contribution in [2.45, 2.75) is 25.7 Å². The highest BCUT2D eigenvalue weighted by Crippen LogP contribution is 1.99. The Labute approximate surface area is 78.4 Å². The lowest BCUT2D eigenvalue weighted by Gasteiger charge is -2.02. The highest BCUT2D eigenvalue weighted by atomic mass is 35.5. The minimum absolute atomic E-state index is 0.354. The van der Waals surface area contributed by atoms with Gasteiger partial charge in [0.1, 0.15) is 0 Å². The van der Waals surface area contributed by atoms with Gasteiger partial charge < -0.3 is 10.1 Å². The summed E-state index contributed by atoms with van der Waals surface area (Å²) in [5.41, 5.74) is 0. The topological polar surface area (TPSA) is 38.3 Å². The average molecular weight is 194 g/mol. The van der Waals surface area contributed by atoms with Crippen LogP contribution in [0.2, 0.25) is 0 Å². The van der Waals surface area contributed by atoms with Crippen molar-refractivity contribution >= 4 is 17.7 Å². The number of hydrogen-bond donors (Lipinski definition) is 1. The van der Waals surface area contributed by atoms with Gasteiger partial charge in [0.25, 0.3) is 0 Å². The lowest BCUT2D eigenvalue weighted by molar-refractivity contribution is 0.171. The summed E-state index contributed by atoms with van der Waals surface area (Å²) in [4.78, 5) is 10.5. The van der Waals surface area contributed by atoms with E-state index >= 15 is 0 Å². The molecule has 4 heteroatoms. The molecule has 1 amide bonds. The van der Waals surface area contributed by atoms with Crippen LogP contribution in [-0.2, 0) is 4.74 Å². The molecule has 0 saturated heterocycles. The average Bonchev–Trinajstić information content (AvgIpc) is 2.10. The molecule has 0 atom stereocenters. The first-order chi connectivity index (χ1) is 5.81. The molecule has 0 fully saturated rings. The van der Waals surface area contributed by atoms with Gasteiger partial charge in [0.2, 0.25) is 0 Å². The molecule has 72 valence electrons. The van der Waals surface area contributed by atoms with Crippen molar-refractivity contribution in [3.8, 4) is 0 Å². The molecule has 0 heterocycles. The van der Waals surface area contributed by atoms with Gasteiger partial charge in [-0.2, -0.15) is 0 Å². The van der Waals surface area contributed by atoms with Crippen LogP contribution in [0.4, 0.5) is 4.79 Å². The molecule has 0 aliphatic rings. The minimum Gasteiger partial charge on any atom is -0.453 e. The lowest BCUT2D eigenvalue weighted by atomic mass is 10.2. The Hall–Kier alpha value is -0.440. The molecule has 12 heavy (non-hydrogen) atoms. The second-order valence-electron chi connectivity index (χ2n) is 2.52. The summed E-state index contributed by atoms with van der Waals surface area (Å²) in [6, 6.07) is 0. The monoisotopic (exact) mass is 193 g/mol. The number of rotatable bonds is 6. The molecule has 3 nitrogen and oxygen atoms in total. The number of carbonyl (C=O) groups excluding carboxylic acids is 1. The van der Waals surface area contributed by atoms with E-state index in [1.165, 1.54) is 7.11 Å². The highest BCUT2D eigenvalue weighted by Gasteiger charge is 1.95. The largest absolute Gasteiger partial charge is 0.453 e. The number of ether oxygens (including phenoxy) is 1. The maximum absolute atomic E-state index is 10.5. The molecule has 0 rings (SSSR count). The lowest BCUT2D eigenvalue weighted by Crippen LogP contribution is -2.23. The molecule has 0 spiro atoms. The van der Waals surface area contributed by atoms with E-state index in [0.29, 0.717) is 6.54 Å². The summed E-state index contributed by atoms with van der Waals surface area (Å²) in [5, 5.41) is 2.62. The molecule has 0 aromatic rings. The number of alkyl carbamates (subject to hydrolysis) is 1. The first-order valence-corrected chi connectivity index (χ1v) is 4.72. The Morgan fingerprint density at radius 2 is 2.00 bits per heavy atom. The first kappa shape index (κ1) is 11.6. The van der Waals surface area contributed by atoms with Gasteiger partial charge in [-0.1, -0.05) is 12.8 Å². The van der Waals surface area contributed by atoms with E-state index in [2.05, 4.69) is 10.1 Å². The number of hydrogen-bond acceptors (Lipinski definition) is 2. The van der Waals surface area contributed by atoms with Crippen LogP contribution in [0.25, 0.3) is 0 Å². The van der Waals surface area contributed by atoms with E-state index < -0.39 is 0 Å². The van der Waals surface area contributed by atoms with Gasteiger partial charge in [-0.3, -0.25) is 0 Å². The van der Waals surface area contributed by atoms with Crippen LogP contribution in [0.5, 0.6) is 0 Å². The summed E-state index contributed by atoms with van der Waals surface area (Å²) in [5.74, 6) is 0.727. The number of unbranched alkanes of at least 4 members (excludes halogenated alkanes) is 3. The zero-order chi connectivity index (χ0) is 9.23. The number of carbonyl (C=O) groups is 1. The molecule has 0 saturated carbocycles. The van der Waals surface area contributed by atoms with Gasteiger partial charge in [-0.25, -0.2) is 4.79 Å². The Morgan fingerprint density at radius 3 is 2.58 bits per heavy atom. The third kappa shape index (κ3) is 7.66. The van der Waals surface area contributed by atoms with E-state index in [9.17, 15) is 4.79 Å². The summed E-state index contributed by atoms with van der Waals surface area (Å²) < 4.78 is 4.41. The molecule has 0 aromatic carbocycles. The van der Waals surface area contributed by atoms with E-state index in [0.717, 1.165) is 31.6 Å². The number of alkyl halides is 1. The third-order valence-electron chi connectivity index (χ3n) is 1.52. The van der Waals surface area contributed by atoms with Gasteiger partial charge in [0, 0.05) is 12.4 Å². The third-order valence-corrected chi connectivity index (χ3v) is 1.78. The smallest absolute Gasteiger partial charge is 0.406 e. The fraction of sp³-hybridized carbons (Fsp3) is 0.875. The second kappa shape index (κ2) is 8.65. The van der Waals surface area contributed by atoms with Crippen LogP contribution in [0.1, 0.15) is 25.7 Å². The van der Waals surface area contributed by atoms with Crippen molar-refractivity contribution in [3.63, 3.8) is 0 Å². The maximum Gasteiger partial charge on any atom is 0.406 e. The van der Waals surface area contributed by atoms with Crippen LogP contribution < -0.4 is 5.32 Å². The predicted molar refractivity (Wildman–Crippen MR) is 49.6 cm³/mol. The van der Waals surface area contributed by atoms with Crippen molar-refractivity contribution in [1.82, 2.24) is 5.32 Å². The normalized spacial score (nSPS) is 9.50. The molecule has 0 aliphatic carbocycles. The molecular formula is C8H16ClNO2. The van der Waals surface area contributed by atoms with Crippen LogP contribution in [0.3, 0.4) is 0 Å². The van der Waals surface area contributed by atoms with Crippen LogP contribution in [0, 0.1) is 0 Å². The van der Waals surface area contributed by atoms with E-state index in [1.807, 2.05) is 0 Å². The number of methoxy groups -OCH3 is 1. The van der Waals surface area contributed by atoms with E-state index in [4.69, 9.17) is 11.6 Å². The highest BCUT2D eigenvalue weighted by molar-refractivity contribution is 6.17. The van der Waals surface area contributed by atoms with Crippen LogP contribution in [-0.4, -0.2) is 25.6 Å². The fourth-order valence-electron chi connectivity index (χ4n) is 0.836. The van der Waals surface area contributed by atoms with Gasteiger partial charge in [-0.15, -0.1) is 11.6 Å². The van der Waals surface area contributed by atoms with Gasteiger partial charge >= 0.3 is 6.09 Å². The van der Waals surface area contributed by atoms with Crippen molar-refractivity contribution in [2.75, 3.05) is 19.5 Å². The van der Waals surface area contributed by atoms with Crippen molar-refractivity contribution in [1.29, 1.82) is 0 Å². The molecule has 0 unspecified atom stereocenters. The summed E-state index contributed by atoms with van der Waals surface area (Å²) in [6.07, 6.45) is 3.93. The SMILES string of the molecule is COC(=O)NCCCCCCCl. The van der Waals surface area contributed by atoms with E-state index in [1.54, 1.807) is 0 Å². The fourth-order valence-corrected chi connectivity index (χ4v) is 1.02. The number of amides is 1. The molecule has 0 aromatic heterocycles. The number of nitrogens with one attached hydrogen (secondary N) is 1. The standard InChI is InChI=1S/C8H16ClNO2/c1-12-8(11)10-7-5-3-2-4-6-9/h2-7H2,1H3,(H,10,11). The van der Waals surface area contributed by atoms with Crippen molar-refractivity contribution in [2.24, 2.45) is 0 Å². The molecule has 0 bridgehead atoms. The van der Waals surface area contributed by atoms with Crippen LogP contribution in [0.15, 0.2) is 0 Å². The predicted octanol–water partition coefficient (Wildman–Crippen LogP) is 2.14. The Kier molecular flexibility index (Phi) is 8.34. The zero-order valence-electron chi connectivity index (χ0n) is 7.44. The molecule has 1 N–H and O–H groups in total. The maximum atomic E-state index is 10.5. The van der Waals surface area contributed by atoms with Crippen molar-refractivity contribution in [3.05, 3.63) is 0 Å².